The smallest absolute Gasteiger partial charge is 0.273 e. The summed E-state index contributed by atoms with van der Waals surface area (Å²) in [5.41, 5.74) is -0.725. The first kappa shape index (κ1) is 27.4. The van der Waals surface area contributed by atoms with Crippen LogP contribution in [-0.2, 0) is 10.3 Å². The Balaban J connectivity index is 1.20. The molecule has 0 spiro atoms. The lowest BCUT2D eigenvalue weighted by Crippen LogP contribution is -2.60. The maximum Gasteiger partial charge on any atom is 0.273 e. The highest BCUT2D eigenvalue weighted by Gasteiger charge is 2.50. The van der Waals surface area contributed by atoms with Crippen LogP contribution < -0.4 is 10.6 Å². The summed E-state index contributed by atoms with van der Waals surface area (Å²) in [5.74, 6) is -2.41. The van der Waals surface area contributed by atoms with Crippen molar-refractivity contribution in [2.45, 2.75) is 68.7 Å². The number of benzene rings is 1. The second-order valence-corrected chi connectivity index (χ2v) is 11.2. The predicted molar refractivity (Wildman–Crippen MR) is 142 cm³/mol. The number of hydrogen-bond donors (Lipinski definition) is 3. The van der Waals surface area contributed by atoms with E-state index in [9.17, 15) is 23.5 Å². The number of likely N-dealkylation sites (tertiary alicyclic amines) is 1. The standard InChI is InChI=1S/C29H32F2N6O4/c30-17-6-7-18(20(31)14-17)25-15-22(36-41-25)27(40)34-21-8-13-37(23-4-1-2-5-24(23)38)16-19(21)26(39)35-29(9-10-29)28-32-11-3-12-33-28/h3,6-7,11-12,14-15,19,21,23-24,38H,1-2,4-5,8-10,13,16H2,(H,34,40)(H,35,39)/t19-,21-,23-,24-/m1/s1. The van der Waals surface area contributed by atoms with Crippen molar-refractivity contribution in [3.05, 3.63) is 65.9 Å². The molecule has 2 saturated carbocycles. The number of carbonyl (C=O) groups excluding carboxylic acids is 2. The Morgan fingerprint density at radius 3 is 2.59 bits per heavy atom. The van der Waals surface area contributed by atoms with Crippen LogP contribution >= 0.6 is 0 Å². The molecule has 3 aliphatic rings. The lowest BCUT2D eigenvalue weighted by molar-refractivity contribution is -0.130. The first-order valence-electron chi connectivity index (χ1n) is 14.1. The number of carbonyl (C=O) groups is 2. The Kier molecular flexibility index (Phi) is 7.52. The largest absolute Gasteiger partial charge is 0.391 e. The number of hydrogen-bond acceptors (Lipinski definition) is 8. The monoisotopic (exact) mass is 566 g/mol. The van der Waals surface area contributed by atoms with Crippen LogP contribution in [0.2, 0.25) is 0 Å². The second-order valence-electron chi connectivity index (χ2n) is 11.2. The topological polar surface area (TPSA) is 133 Å². The summed E-state index contributed by atoms with van der Waals surface area (Å²) in [5, 5.41) is 20.6. The molecule has 1 aliphatic heterocycles. The van der Waals surface area contributed by atoms with Crippen LogP contribution in [0.1, 0.15) is 61.3 Å². The SMILES string of the molecule is O=C(N[C@@H]1CCN([C@@H]2CCCC[C@H]2O)C[C@H]1C(=O)NC1(c2ncccn2)CC1)c1cc(-c2ccc(F)cc2F)on1. The van der Waals surface area contributed by atoms with Gasteiger partial charge < -0.3 is 20.3 Å². The van der Waals surface area contributed by atoms with Gasteiger partial charge >= 0.3 is 0 Å². The number of piperidine rings is 1. The van der Waals surface area contributed by atoms with Crippen LogP contribution in [0.3, 0.4) is 0 Å². The molecular formula is C29H32F2N6O4. The van der Waals surface area contributed by atoms with Crippen LogP contribution in [0, 0.1) is 17.6 Å². The molecule has 3 heterocycles. The van der Waals surface area contributed by atoms with Crippen LogP contribution in [0.4, 0.5) is 8.78 Å². The molecule has 1 saturated heterocycles. The van der Waals surface area contributed by atoms with E-state index in [4.69, 9.17) is 4.52 Å². The van der Waals surface area contributed by atoms with Crippen molar-refractivity contribution in [3.8, 4) is 11.3 Å². The molecule has 2 aliphatic carbocycles. The number of aliphatic hydroxyl groups is 1. The van der Waals surface area contributed by atoms with Crippen LogP contribution in [0.15, 0.2) is 47.2 Å². The van der Waals surface area contributed by atoms with Gasteiger partial charge in [-0.25, -0.2) is 18.7 Å². The summed E-state index contributed by atoms with van der Waals surface area (Å²) in [6, 6.07) is 5.49. The number of halogens is 2. The number of nitrogens with zero attached hydrogens (tertiary/aromatic N) is 4. The number of aromatic nitrogens is 3. The van der Waals surface area contributed by atoms with Gasteiger partial charge in [-0.2, -0.15) is 0 Å². The van der Waals surface area contributed by atoms with Gasteiger partial charge in [0.25, 0.3) is 5.91 Å². The van der Waals surface area contributed by atoms with E-state index in [0.29, 0.717) is 25.3 Å². The van der Waals surface area contributed by atoms with Crippen LogP contribution in [0.25, 0.3) is 11.3 Å². The summed E-state index contributed by atoms with van der Waals surface area (Å²) >= 11 is 0. The maximum atomic E-state index is 14.2. The van der Waals surface area contributed by atoms with Gasteiger partial charge in [0.2, 0.25) is 5.91 Å². The minimum Gasteiger partial charge on any atom is -0.391 e. The highest BCUT2D eigenvalue weighted by atomic mass is 19.1. The van der Waals surface area contributed by atoms with Gasteiger partial charge in [-0.05, 0) is 50.3 Å². The lowest BCUT2D eigenvalue weighted by atomic mass is 9.85. The summed E-state index contributed by atoms with van der Waals surface area (Å²) in [6.45, 7) is 0.976. The van der Waals surface area contributed by atoms with Crippen molar-refractivity contribution in [3.63, 3.8) is 0 Å². The van der Waals surface area contributed by atoms with Gasteiger partial charge in [-0.3, -0.25) is 14.5 Å². The highest BCUT2D eigenvalue weighted by Crippen LogP contribution is 2.44. The minimum atomic E-state index is -0.835. The van der Waals surface area contributed by atoms with Crippen LogP contribution in [0.5, 0.6) is 0 Å². The second kappa shape index (κ2) is 11.2. The summed E-state index contributed by atoms with van der Waals surface area (Å²) in [4.78, 5) is 37.9. The van der Waals surface area contributed by atoms with Crippen molar-refractivity contribution in [1.82, 2.24) is 30.7 Å². The molecule has 2 aromatic heterocycles. The van der Waals surface area contributed by atoms with E-state index in [0.717, 1.165) is 50.7 Å². The third-order valence-electron chi connectivity index (χ3n) is 8.51. The fraction of sp³-hybridized carbons (Fsp3) is 0.483. The molecule has 0 bridgehead atoms. The van der Waals surface area contributed by atoms with Gasteiger partial charge in [0.05, 0.1) is 23.1 Å². The van der Waals surface area contributed by atoms with Gasteiger partial charge in [0.15, 0.2) is 17.3 Å². The molecule has 3 N–H and O–H groups in total. The molecular weight excluding hydrogens is 534 g/mol. The zero-order valence-electron chi connectivity index (χ0n) is 22.4. The van der Waals surface area contributed by atoms with Crippen molar-refractivity contribution in [2.24, 2.45) is 5.92 Å². The Labute approximate surface area is 235 Å². The normalized spacial score (nSPS) is 25.8. The Bertz CT molecular complexity index is 1420. The lowest BCUT2D eigenvalue weighted by Gasteiger charge is -2.44. The predicted octanol–water partition coefficient (Wildman–Crippen LogP) is 2.94. The van der Waals surface area contributed by atoms with Crippen molar-refractivity contribution in [2.75, 3.05) is 13.1 Å². The Morgan fingerprint density at radius 1 is 1.07 bits per heavy atom. The van der Waals surface area contributed by atoms with Gasteiger partial charge in [0, 0.05) is 49.7 Å². The fourth-order valence-electron chi connectivity index (χ4n) is 6.08. The molecule has 0 radical (unpaired) electrons. The highest BCUT2D eigenvalue weighted by molar-refractivity contribution is 5.94. The van der Waals surface area contributed by atoms with Crippen molar-refractivity contribution in [1.29, 1.82) is 0 Å². The number of rotatable bonds is 7. The van der Waals surface area contributed by atoms with Gasteiger partial charge in [0.1, 0.15) is 11.6 Å². The molecule has 41 heavy (non-hydrogen) atoms. The minimum absolute atomic E-state index is 0.0124. The van der Waals surface area contributed by atoms with E-state index in [-0.39, 0.29) is 29.0 Å². The molecule has 3 fully saturated rings. The summed E-state index contributed by atoms with van der Waals surface area (Å²) < 4.78 is 32.7. The van der Waals surface area contributed by atoms with Gasteiger partial charge in [-0.1, -0.05) is 18.0 Å². The Hall–Kier alpha value is -3.77. The molecule has 3 aromatic rings. The molecule has 0 unspecified atom stereocenters. The molecule has 2 amide bonds. The average Bonchev–Trinajstić information content (AvgIpc) is 3.59. The first-order valence-corrected chi connectivity index (χ1v) is 14.1. The third-order valence-corrected chi connectivity index (χ3v) is 8.51. The average molecular weight is 567 g/mol. The zero-order chi connectivity index (χ0) is 28.6. The molecule has 1 aromatic carbocycles. The Morgan fingerprint density at radius 2 is 1.85 bits per heavy atom. The molecule has 10 nitrogen and oxygen atoms in total. The summed E-state index contributed by atoms with van der Waals surface area (Å²) in [7, 11) is 0. The number of amides is 2. The van der Waals surface area contributed by atoms with Gasteiger partial charge in [-0.15, -0.1) is 0 Å². The van der Waals surface area contributed by atoms with E-state index in [2.05, 4.69) is 30.7 Å². The number of nitrogens with one attached hydrogen (secondary N) is 2. The zero-order valence-corrected chi connectivity index (χ0v) is 22.4. The molecule has 6 rings (SSSR count). The third kappa shape index (κ3) is 5.71. The fourth-order valence-corrected chi connectivity index (χ4v) is 6.08. The van der Waals surface area contributed by atoms with E-state index in [1.807, 2.05) is 0 Å². The quantitative estimate of drug-likeness (QED) is 0.398. The molecule has 4 atom stereocenters. The van der Waals surface area contributed by atoms with E-state index in [1.54, 1.807) is 18.5 Å². The first-order chi connectivity index (χ1) is 19.8. The van der Waals surface area contributed by atoms with E-state index >= 15 is 0 Å². The maximum absolute atomic E-state index is 14.2. The number of aliphatic hydroxyl groups excluding tert-OH is 1. The van der Waals surface area contributed by atoms with Crippen molar-refractivity contribution >= 4 is 11.8 Å². The van der Waals surface area contributed by atoms with Crippen LogP contribution in [-0.4, -0.2) is 68.2 Å². The van der Waals surface area contributed by atoms with E-state index < -0.39 is 41.1 Å². The van der Waals surface area contributed by atoms with Crippen molar-refractivity contribution < 1.29 is 28.0 Å². The van der Waals surface area contributed by atoms with E-state index in [1.165, 1.54) is 12.1 Å². The molecule has 216 valence electrons. The molecule has 12 heteroatoms. The summed E-state index contributed by atoms with van der Waals surface area (Å²) in [6.07, 6.45) is 8.36.